The molecule has 7 nitrogen and oxygen atoms in total. The van der Waals surface area contributed by atoms with Gasteiger partial charge >= 0.3 is 0 Å². The summed E-state index contributed by atoms with van der Waals surface area (Å²) in [6, 6.07) is 6.80. The maximum absolute atomic E-state index is 12.1. The predicted octanol–water partition coefficient (Wildman–Crippen LogP) is 4.15. The van der Waals surface area contributed by atoms with Crippen molar-refractivity contribution >= 4 is 22.6 Å². The summed E-state index contributed by atoms with van der Waals surface area (Å²) in [5.74, 6) is 2.26. The zero-order chi connectivity index (χ0) is 24.6. The van der Waals surface area contributed by atoms with Crippen molar-refractivity contribution in [3.63, 3.8) is 0 Å². The molecule has 1 spiro atoms. The quantitative estimate of drug-likeness (QED) is 0.569. The van der Waals surface area contributed by atoms with Gasteiger partial charge in [-0.05, 0) is 79.7 Å². The SMILES string of the molecule is C=CC(=O)N1CC2(CCN(c3nc4c(c(-c5c(C)ccc6[nH]ncc56)c3C#N)C[C@H](C3CC3)C4)C2)C1. The van der Waals surface area contributed by atoms with Crippen LogP contribution in [0.4, 0.5) is 5.82 Å². The first-order valence-corrected chi connectivity index (χ1v) is 13.1. The highest BCUT2D eigenvalue weighted by Crippen LogP contribution is 2.50. The lowest BCUT2D eigenvalue weighted by atomic mass is 9.79. The second kappa shape index (κ2) is 7.67. The molecule has 1 aromatic carbocycles. The highest BCUT2D eigenvalue weighted by Gasteiger charge is 2.50. The number of fused-ring (bicyclic) bond motifs is 2. The minimum Gasteiger partial charge on any atom is -0.355 e. The number of aryl methyl sites for hydroxylation is 1. The average molecular weight is 479 g/mol. The summed E-state index contributed by atoms with van der Waals surface area (Å²) in [5.41, 5.74) is 7.56. The maximum atomic E-state index is 12.1. The molecule has 7 heteroatoms. The topological polar surface area (TPSA) is 88.9 Å². The van der Waals surface area contributed by atoms with Gasteiger partial charge in [0.15, 0.2) is 0 Å². The fourth-order valence-corrected chi connectivity index (χ4v) is 7.02. The summed E-state index contributed by atoms with van der Waals surface area (Å²) in [5, 5.41) is 19.1. The molecule has 0 bridgehead atoms. The van der Waals surface area contributed by atoms with Crippen molar-refractivity contribution in [1.29, 1.82) is 5.26 Å². The highest BCUT2D eigenvalue weighted by molar-refractivity contribution is 5.99. The van der Waals surface area contributed by atoms with Gasteiger partial charge in [0.2, 0.25) is 5.91 Å². The van der Waals surface area contributed by atoms with Gasteiger partial charge in [0.1, 0.15) is 17.5 Å². The molecule has 3 aromatic rings. The molecule has 0 radical (unpaired) electrons. The largest absolute Gasteiger partial charge is 0.355 e. The Kier molecular flexibility index (Phi) is 4.60. The number of nitriles is 1. The van der Waals surface area contributed by atoms with Gasteiger partial charge in [-0.1, -0.05) is 12.6 Å². The van der Waals surface area contributed by atoms with Gasteiger partial charge in [0.25, 0.3) is 0 Å². The number of rotatable bonds is 4. The number of likely N-dealkylation sites (tertiary alicyclic amines) is 1. The molecule has 3 fully saturated rings. The number of nitrogens with one attached hydrogen (secondary N) is 1. The van der Waals surface area contributed by atoms with Crippen LogP contribution in [0, 0.1) is 35.5 Å². The summed E-state index contributed by atoms with van der Waals surface area (Å²) in [4.78, 5) is 21.5. The van der Waals surface area contributed by atoms with E-state index in [-0.39, 0.29) is 11.3 Å². The van der Waals surface area contributed by atoms with Gasteiger partial charge in [-0.25, -0.2) is 4.98 Å². The summed E-state index contributed by atoms with van der Waals surface area (Å²) in [6.45, 7) is 8.96. The van der Waals surface area contributed by atoms with E-state index in [4.69, 9.17) is 4.98 Å². The van der Waals surface area contributed by atoms with Crippen LogP contribution in [0.25, 0.3) is 22.0 Å². The zero-order valence-electron chi connectivity index (χ0n) is 20.7. The molecule has 1 atom stereocenters. The Hall–Kier alpha value is -3.66. The second-order valence-corrected chi connectivity index (χ2v) is 11.4. The number of nitrogens with zero attached hydrogens (tertiary/aromatic N) is 5. The Balaban J connectivity index is 1.35. The standard InChI is InChI=1S/C29H30N6O/c1-3-25(36)35-15-29(16-35)8-9-34(14-29)28-21(12-30)27(20-10-19(18-5-6-18)11-24(20)32-28)26-17(2)4-7-23-22(26)13-31-33-23/h3-4,7,13,18-19H,1,5-6,8-11,14-16H2,2H3,(H,31,33)/t19-/m0/s1. The van der Waals surface area contributed by atoms with Crippen LogP contribution in [0.5, 0.6) is 0 Å². The number of aromatic nitrogens is 3. The van der Waals surface area contributed by atoms with Gasteiger partial charge in [-0.3, -0.25) is 9.89 Å². The van der Waals surface area contributed by atoms with Gasteiger partial charge in [-0.2, -0.15) is 10.4 Å². The van der Waals surface area contributed by atoms with Crippen molar-refractivity contribution in [2.75, 3.05) is 31.1 Å². The van der Waals surface area contributed by atoms with Crippen LogP contribution in [0.15, 0.2) is 31.0 Å². The molecule has 36 heavy (non-hydrogen) atoms. The molecule has 2 aliphatic heterocycles. The highest BCUT2D eigenvalue weighted by atomic mass is 16.2. The van der Waals surface area contributed by atoms with Crippen LogP contribution in [-0.2, 0) is 17.6 Å². The first kappa shape index (κ1) is 21.6. The Morgan fingerprint density at radius 3 is 2.81 bits per heavy atom. The average Bonchev–Trinajstić information content (AvgIpc) is 3.26. The monoisotopic (exact) mass is 478 g/mol. The van der Waals surface area contributed by atoms with E-state index in [1.54, 1.807) is 0 Å². The zero-order valence-corrected chi connectivity index (χ0v) is 20.7. The molecule has 1 saturated carbocycles. The van der Waals surface area contributed by atoms with E-state index in [1.807, 2.05) is 11.1 Å². The number of hydrogen-bond donors (Lipinski definition) is 1. The Morgan fingerprint density at radius 1 is 1.22 bits per heavy atom. The van der Waals surface area contributed by atoms with Crippen molar-refractivity contribution in [2.45, 2.75) is 39.0 Å². The molecule has 2 aromatic heterocycles. The van der Waals surface area contributed by atoms with E-state index in [1.165, 1.54) is 30.2 Å². The number of carbonyl (C=O) groups excluding carboxylic acids is 1. The van der Waals surface area contributed by atoms with E-state index >= 15 is 0 Å². The normalized spacial score (nSPS) is 22.1. The number of hydrogen-bond acceptors (Lipinski definition) is 5. The number of benzene rings is 1. The summed E-state index contributed by atoms with van der Waals surface area (Å²) >= 11 is 0. The third kappa shape index (κ3) is 3.13. The number of amides is 1. The van der Waals surface area contributed by atoms with Crippen LogP contribution in [-0.4, -0.2) is 52.2 Å². The second-order valence-electron chi connectivity index (χ2n) is 11.4. The van der Waals surface area contributed by atoms with E-state index in [0.717, 1.165) is 84.8 Å². The molecule has 4 heterocycles. The lowest BCUT2D eigenvalue weighted by Crippen LogP contribution is -2.59. The molecular formula is C29H30N6O. The Labute approximate surface area is 210 Å². The fourth-order valence-electron chi connectivity index (χ4n) is 7.02. The van der Waals surface area contributed by atoms with Crippen molar-refractivity contribution in [2.24, 2.45) is 17.3 Å². The van der Waals surface area contributed by atoms with E-state index < -0.39 is 0 Å². The molecule has 2 saturated heterocycles. The number of pyridine rings is 1. The Morgan fingerprint density at radius 2 is 2.06 bits per heavy atom. The van der Waals surface area contributed by atoms with Crippen molar-refractivity contribution in [3.8, 4) is 17.2 Å². The first-order valence-electron chi connectivity index (χ1n) is 13.1. The molecule has 1 N–H and O–H groups in total. The third-order valence-corrected chi connectivity index (χ3v) is 9.05. The smallest absolute Gasteiger partial charge is 0.245 e. The molecular weight excluding hydrogens is 448 g/mol. The number of carbonyl (C=O) groups is 1. The van der Waals surface area contributed by atoms with E-state index in [2.05, 4.69) is 46.8 Å². The van der Waals surface area contributed by atoms with Crippen LogP contribution in [0.1, 0.15) is 41.6 Å². The maximum Gasteiger partial charge on any atom is 0.245 e. The summed E-state index contributed by atoms with van der Waals surface area (Å²) in [7, 11) is 0. The van der Waals surface area contributed by atoms with E-state index in [9.17, 15) is 10.1 Å². The summed E-state index contributed by atoms with van der Waals surface area (Å²) < 4.78 is 0. The minimum absolute atomic E-state index is 0.00419. The lowest BCUT2D eigenvalue weighted by molar-refractivity contribution is -0.136. The van der Waals surface area contributed by atoms with Crippen molar-refractivity contribution in [3.05, 3.63) is 53.4 Å². The van der Waals surface area contributed by atoms with Gasteiger partial charge in [0.05, 0.1) is 11.7 Å². The Bertz CT molecular complexity index is 1470. The van der Waals surface area contributed by atoms with Crippen LogP contribution >= 0.6 is 0 Å². The molecule has 0 unspecified atom stereocenters. The van der Waals surface area contributed by atoms with Crippen LogP contribution in [0.3, 0.4) is 0 Å². The molecule has 4 aliphatic rings. The lowest BCUT2D eigenvalue weighted by Gasteiger charge is -2.47. The van der Waals surface area contributed by atoms with Gasteiger partial charge < -0.3 is 9.80 Å². The van der Waals surface area contributed by atoms with Crippen molar-refractivity contribution in [1.82, 2.24) is 20.1 Å². The van der Waals surface area contributed by atoms with Crippen LogP contribution < -0.4 is 4.90 Å². The van der Waals surface area contributed by atoms with Gasteiger partial charge in [0, 0.05) is 48.2 Å². The number of aromatic amines is 1. The van der Waals surface area contributed by atoms with E-state index in [0.29, 0.717) is 11.5 Å². The summed E-state index contributed by atoms with van der Waals surface area (Å²) in [6.07, 6.45) is 8.95. The fraction of sp³-hybridized carbons (Fsp3) is 0.448. The molecule has 182 valence electrons. The van der Waals surface area contributed by atoms with Gasteiger partial charge in [-0.15, -0.1) is 0 Å². The minimum atomic E-state index is 0.00419. The molecule has 1 amide bonds. The predicted molar refractivity (Wildman–Crippen MR) is 138 cm³/mol. The number of anilines is 1. The number of H-pyrrole nitrogens is 1. The van der Waals surface area contributed by atoms with Crippen molar-refractivity contribution < 1.29 is 4.79 Å². The molecule has 2 aliphatic carbocycles. The first-order chi connectivity index (χ1) is 17.5. The van der Waals surface area contributed by atoms with Crippen LogP contribution in [0.2, 0.25) is 0 Å². The molecule has 7 rings (SSSR count). The third-order valence-electron chi connectivity index (χ3n) is 9.05.